The van der Waals surface area contributed by atoms with Gasteiger partial charge in [-0.15, -0.1) is 0 Å². The van der Waals surface area contributed by atoms with Crippen molar-refractivity contribution in [3.8, 4) is 0 Å². The third-order valence-electron chi connectivity index (χ3n) is 10.0. The van der Waals surface area contributed by atoms with Crippen LogP contribution in [0.3, 0.4) is 0 Å². The quantitative estimate of drug-likeness (QED) is 0.0422. The first-order valence-corrected chi connectivity index (χ1v) is 18.8. The van der Waals surface area contributed by atoms with Crippen molar-refractivity contribution in [1.29, 1.82) is 0 Å². The molecule has 0 bridgehead atoms. The Morgan fingerprint density at radius 3 is 1.62 bits per heavy atom. The lowest BCUT2D eigenvalue weighted by Crippen LogP contribution is -2.53. The third-order valence-corrected chi connectivity index (χ3v) is 10.0. The second kappa shape index (κ2) is 19.4. The van der Waals surface area contributed by atoms with Gasteiger partial charge in [-0.1, -0.05) is 141 Å². The number of hydrogen-bond donors (Lipinski definition) is 0. The molecule has 5 rings (SSSR count). The van der Waals surface area contributed by atoms with E-state index in [1.807, 2.05) is 74.5 Å². The first-order chi connectivity index (χ1) is 26.6. The van der Waals surface area contributed by atoms with Gasteiger partial charge < -0.3 is 4.79 Å². The topological polar surface area (TPSA) is 115 Å². The van der Waals surface area contributed by atoms with Crippen molar-refractivity contribution >= 4 is 35.2 Å². The van der Waals surface area contributed by atoms with E-state index in [1.54, 1.807) is 72.8 Å². The molecule has 0 aliphatic carbocycles. The van der Waals surface area contributed by atoms with Crippen LogP contribution in [0.2, 0.25) is 0 Å². The van der Waals surface area contributed by atoms with Crippen LogP contribution in [0.4, 0.5) is 0 Å². The second-order valence-corrected chi connectivity index (χ2v) is 14.7. The summed E-state index contributed by atoms with van der Waals surface area (Å²) in [6.45, 7) is 3.83. The molecular weight excluding hydrogens is 687 g/mol. The number of pyridine rings is 1. The highest BCUT2D eigenvalue weighted by Gasteiger charge is 2.55. The summed E-state index contributed by atoms with van der Waals surface area (Å²) in [7, 11) is 0. The molecule has 0 amide bonds. The predicted molar refractivity (Wildman–Crippen MR) is 212 cm³/mol. The van der Waals surface area contributed by atoms with E-state index in [1.165, 1.54) is 12.3 Å². The van der Waals surface area contributed by atoms with Crippen molar-refractivity contribution in [2.75, 3.05) is 0 Å². The van der Waals surface area contributed by atoms with E-state index in [2.05, 4.69) is 4.98 Å². The number of carbonyl (C=O) groups excluding carboxylic acids is 6. The predicted octanol–water partition coefficient (Wildman–Crippen LogP) is 8.44. The fourth-order valence-electron chi connectivity index (χ4n) is 7.43. The monoisotopic (exact) mass is 733 g/mol. The number of Topliss-reactive ketones (excluding diaryl/α,β-unsaturated/α-hetero) is 5. The van der Waals surface area contributed by atoms with Gasteiger partial charge in [-0.3, -0.25) is 29.0 Å². The van der Waals surface area contributed by atoms with Crippen molar-refractivity contribution in [2.45, 2.75) is 52.4 Å². The summed E-state index contributed by atoms with van der Waals surface area (Å²) >= 11 is 0. The number of hydrogen-bond acceptors (Lipinski definition) is 7. The normalized spacial score (nSPS) is 13.9. The Hall–Kier alpha value is -5.95. The van der Waals surface area contributed by atoms with Crippen LogP contribution in [-0.4, -0.2) is 40.2 Å². The lowest BCUT2D eigenvalue weighted by molar-refractivity contribution is -0.147. The van der Waals surface area contributed by atoms with E-state index in [-0.39, 0.29) is 61.7 Å². The molecule has 4 unspecified atom stereocenters. The standard InChI is InChI=1S/C48H47NO6/c1-34(2)27-41(51)30-39(28-35-17-7-3-8-18-35)45(53)44(46(54)42-25-15-16-26-49-42)48(33-50,32-37-21-11-5-12-22-37)47(55)40(29-36-19-9-4-10-20-36)31-43(52)38-23-13-6-14-24-38/h3-26,33-34,39-40,44H,27-32H2,1-2H3. The zero-order valence-electron chi connectivity index (χ0n) is 31.4. The molecule has 0 saturated carbocycles. The van der Waals surface area contributed by atoms with Gasteiger partial charge in [0.25, 0.3) is 0 Å². The van der Waals surface area contributed by atoms with Crippen molar-refractivity contribution in [1.82, 2.24) is 4.98 Å². The molecule has 0 N–H and O–H groups in total. The summed E-state index contributed by atoms with van der Waals surface area (Å²) in [6, 6.07) is 40.5. The van der Waals surface area contributed by atoms with E-state index < -0.39 is 40.5 Å². The Bertz CT molecular complexity index is 2050. The van der Waals surface area contributed by atoms with Crippen LogP contribution in [0.1, 0.15) is 70.6 Å². The zero-order chi connectivity index (χ0) is 39.2. The van der Waals surface area contributed by atoms with Crippen LogP contribution in [0.15, 0.2) is 146 Å². The van der Waals surface area contributed by atoms with Gasteiger partial charge in [0.2, 0.25) is 0 Å². The Morgan fingerprint density at radius 1 is 0.600 bits per heavy atom. The van der Waals surface area contributed by atoms with Gasteiger partial charge in [0.15, 0.2) is 17.3 Å². The first kappa shape index (κ1) is 40.2. The van der Waals surface area contributed by atoms with Gasteiger partial charge in [-0.2, -0.15) is 0 Å². The van der Waals surface area contributed by atoms with E-state index in [9.17, 15) is 19.2 Å². The van der Waals surface area contributed by atoms with E-state index in [0.29, 0.717) is 17.4 Å². The molecule has 7 nitrogen and oxygen atoms in total. The van der Waals surface area contributed by atoms with Gasteiger partial charge in [-0.05, 0) is 54.0 Å². The minimum absolute atomic E-state index is 0.0283. The molecule has 55 heavy (non-hydrogen) atoms. The maximum Gasteiger partial charge on any atom is 0.193 e. The van der Waals surface area contributed by atoms with Gasteiger partial charge in [0, 0.05) is 42.9 Å². The summed E-state index contributed by atoms with van der Waals surface area (Å²) < 4.78 is 0. The third kappa shape index (κ3) is 10.6. The summed E-state index contributed by atoms with van der Waals surface area (Å²) in [5.74, 6) is -6.57. The van der Waals surface area contributed by atoms with Crippen LogP contribution in [0.25, 0.3) is 0 Å². The van der Waals surface area contributed by atoms with Crippen LogP contribution in [0.5, 0.6) is 0 Å². The molecule has 0 spiro atoms. The van der Waals surface area contributed by atoms with E-state index in [0.717, 1.165) is 11.1 Å². The van der Waals surface area contributed by atoms with Crippen LogP contribution >= 0.6 is 0 Å². The van der Waals surface area contributed by atoms with Crippen molar-refractivity contribution in [2.24, 2.45) is 29.1 Å². The van der Waals surface area contributed by atoms with Gasteiger partial charge in [0.1, 0.15) is 34.9 Å². The molecule has 4 atom stereocenters. The molecule has 0 saturated heterocycles. The molecule has 0 fully saturated rings. The molecule has 0 aliphatic heterocycles. The molecule has 1 heterocycles. The van der Waals surface area contributed by atoms with Gasteiger partial charge >= 0.3 is 0 Å². The molecular formula is C48H47NO6. The summed E-state index contributed by atoms with van der Waals surface area (Å²) in [6.07, 6.45) is 1.57. The number of benzene rings is 4. The Kier molecular flexibility index (Phi) is 14.2. The number of nitrogens with zero attached hydrogens (tertiary/aromatic N) is 1. The van der Waals surface area contributed by atoms with E-state index in [4.69, 9.17) is 0 Å². The van der Waals surface area contributed by atoms with Crippen LogP contribution < -0.4 is 0 Å². The second-order valence-electron chi connectivity index (χ2n) is 14.7. The minimum Gasteiger partial charge on any atom is -0.302 e. The Morgan fingerprint density at radius 2 is 1.11 bits per heavy atom. The smallest absolute Gasteiger partial charge is 0.193 e. The Balaban J connectivity index is 1.72. The fraction of sp³-hybridized carbons (Fsp3) is 0.271. The van der Waals surface area contributed by atoms with Crippen LogP contribution in [0, 0.1) is 29.1 Å². The lowest BCUT2D eigenvalue weighted by Gasteiger charge is -2.37. The molecule has 7 heteroatoms. The molecule has 0 aliphatic rings. The summed E-state index contributed by atoms with van der Waals surface area (Å²) in [4.78, 5) is 91.8. The van der Waals surface area contributed by atoms with Crippen LogP contribution in [-0.2, 0) is 38.4 Å². The molecule has 4 aromatic carbocycles. The largest absolute Gasteiger partial charge is 0.302 e. The highest BCUT2D eigenvalue weighted by molar-refractivity contribution is 6.19. The first-order valence-electron chi connectivity index (χ1n) is 18.8. The number of aromatic nitrogens is 1. The number of ketones is 5. The summed E-state index contributed by atoms with van der Waals surface area (Å²) in [5, 5.41) is 0. The van der Waals surface area contributed by atoms with Crippen molar-refractivity contribution in [3.05, 3.63) is 174 Å². The molecule has 1 aromatic heterocycles. The Labute approximate surface area is 323 Å². The lowest BCUT2D eigenvalue weighted by atomic mass is 9.60. The fourth-order valence-corrected chi connectivity index (χ4v) is 7.43. The number of rotatable bonds is 21. The van der Waals surface area contributed by atoms with E-state index >= 15 is 9.59 Å². The zero-order valence-corrected chi connectivity index (χ0v) is 31.4. The number of carbonyl (C=O) groups is 6. The highest BCUT2D eigenvalue weighted by Crippen LogP contribution is 2.41. The van der Waals surface area contributed by atoms with Gasteiger partial charge in [-0.25, -0.2) is 0 Å². The SMILES string of the molecule is CC(C)CC(=O)CC(Cc1ccccc1)C(=O)C(C(=O)c1ccccn1)C(C=O)(Cc1ccccc1)C(=O)C(CC(=O)c1ccccc1)Cc1ccccc1. The average Bonchev–Trinajstić information content (AvgIpc) is 3.21. The highest BCUT2D eigenvalue weighted by atomic mass is 16.2. The molecule has 5 aromatic rings. The maximum absolute atomic E-state index is 15.6. The van der Waals surface area contributed by atoms with Gasteiger partial charge in [0.05, 0.1) is 0 Å². The van der Waals surface area contributed by atoms with Crippen molar-refractivity contribution in [3.63, 3.8) is 0 Å². The summed E-state index contributed by atoms with van der Waals surface area (Å²) in [5.41, 5.74) is 0.124. The van der Waals surface area contributed by atoms with Crippen molar-refractivity contribution < 1.29 is 28.8 Å². The minimum atomic E-state index is -2.26. The average molecular weight is 734 g/mol. The maximum atomic E-state index is 15.6. The molecule has 0 radical (unpaired) electrons. The molecule has 280 valence electrons. The number of aldehydes is 1.